The van der Waals surface area contributed by atoms with Gasteiger partial charge in [0.05, 0.1) is 26.3 Å². The molecule has 0 aliphatic rings. The summed E-state index contributed by atoms with van der Waals surface area (Å²) in [5.74, 6) is 1.05. The lowest BCUT2D eigenvalue weighted by Crippen LogP contribution is -2.02. The van der Waals surface area contributed by atoms with E-state index in [2.05, 4.69) is 0 Å². The third kappa shape index (κ3) is 4.66. The van der Waals surface area contributed by atoms with Gasteiger partial charge in [0.25, 0.3) is 0 Å². The van der Waals surface area contributed by atoms with Crippen LogP contribution in [-0.4, -0.2) is 42.3 Å². The SMILES string of the molecule is COc1cc2c(C(C)=O)c(C)n(-c3ccc(OCCCCC(=O)O)cc3)c2cc1OC. The normalized spacial score (nSPS) is 10.8. The molecule has 1 aromatic heterocycles. The Morgan fingerprint density at radius 1 is 1.00 bits per heavy atom. The number of ether oxygens (including phenoxy) is 3. The van der Waals surface area contributed by atoms with E-state index in [1.54, 1.807) is 21.1 Å². The van der Waals surface area contributed by atoms with Crippen LogP contribution in [0.1, 0.15) is 42.2 Å². The minimum atomic E-state index is -0.794. The van der Waals surface area contributed by atoms with Crippen molar-refractivity contribution in [2.24, 2.45) is 0 Å². The monoisotopic (exact) mass is 425 g/mol. The fraction of sp³-hybridized carbons (Fsp3) is 0.333. The first-order valence-electron chi connectivity index (χ1n) is 10.1. The van der Waals surface area contributed by atoms with Crippen LogP contribution in [0.15, 0.2) is 36.4 Å². The number of ketones is 1. The van der Waals surface area contributed by atoms with Crippen LogP contribution < -0.4 is 14.2 Å². The van der Waals surface area contributed by atoms with E-state index in [4.69, 9.17) is 19.3 Å². The maximum Gasteiger partial charge on any atom is 0.303 e. The molecule has 0 aliphatic heterocycles. The molecule has 0 saturated carbocycles. The van der Waals surface area contributed by atoms with Gasteiger partial charge in [0.2, 0.25) is 0 Å². The number of Topliss-reactive ketones (excluding diaryl/α,β-unsaturated/α-hetero) is 1. The molecule has 1 heterocycles. The minimum absolute atomic E-state index is 0.0187. The zero-order valence-corrected chi connectivity index (χ0v) is 18.2. The molecule has 0 atom stereocenters. The smallest absolute Gasteiger partial charge is 0.303 e. The van der Waals surface area contributed by atoms with Crippen LogP contribution >= 0.6 is 0 Å². The van der Waals surface area contributed by atoms with Crippen LogP contribution in [0.5, 0.6) is 17.2 Å². The lowest BCUT2D eigenvalue weighted by molar-refractivity contribution is -0.137. The predicted molar refractivity (Wildman–Crippen MR) is 118 cm³/mol. The van der Waals surface area contributed by atoms with Gasteiger partial charge in [0, 0.05) is 34.8 Å². The number of carboxylic acids is 1. The Morgan fingerprint density at radius 3 is 2.23 bits per heavy atom. The first kappa shape index (κ1) is 22.2. The highest BCUT2D eigenvalue weighted by Gasteiger charge is 2.21. The van der Waals surface area contributed by atoms with Crippen LogP contribution in [0.25, 0.3) is 16.6 Å². The molecule has 164 valence electrons. The summed E-state index contributed by atoms with van der Waals surface area (Å²) in [7, 11) is 3.15. The summed E-state index contributed by atoms with van der Waals surface area (Å²) in [6.45, 7) is 3.94. The van der Waals surface area contributed by atoms with Crippen molar-refractivity contribution in [3.05, 3.63) is 47.7 Å². The molecule has 31 heavy (non-hydrogen) atoms. The molecular formula is C24H27NO6. The molecule has 0 unspecified atom stereocenters. The van der Waals surface area contributed by atoms with Gasteiger partial charge in [-0.25, -0.2) is 0 Å². The van der Waals surface area contributed by atoms with Gasteiger partial charge < -0.3 is 23.9 Å². The average Bonchev–Trinajstić information content (AvgIpc) is 3.03. The van der Waals surface area contributed by atoms with E-state index in [0.29, 0.717) is 42.3 Å². The summed E-state index contributed by atoms with van der Waals surface area (Å²) < 4.78 is 18.6. The molecule has 0 radical (unpaired) electrons. The number of aromatic nitrogens is 1. The van der Waals surface area contributed by atoms with Crippen LogP contribution in [0, 0.1) is 6.92 Å². The lowest BCUT2D eigenvalue weighted by Gasteiger charge is -2.12. The van der Waals surface area contributed by atoms with Gasteiger partial charge in [-0.15, -0.1) is 0 Å². The second kappa shape index (κ2) is 9.55. The summed E-state index contributed by atoms with van der Waals surface area (Å²) >= 11 is 0. The number of unbranched alkanes of at least 4 members (excludes halogenated alkanes) is 1. The van der Waals surface area contributed by atoms with Crippen LogP contribution in [0.3, 0.4) is 0 Å². The number of hydrogen-bond acceptors (Lipinski definition) is 5. The zero-order chi connectivity index (χ0) is 22.5. The fourth-order valence-corrected chi connectivity index (χ4v) is 3.78. The van der Waals surface area contributed by atoms with Gasteiger partial charge in [-0.05, 0) is 57.0 Å². The summed E-state index contributed by atoms with van der Waals surface area (Å²) in [4.78, 5) is 23.0. The maximum atomic E-state index is 12.4. The van der Waals surface area contributed by atoms with Gasteiger partial charge in [0.1, 0.15) is 5.75 Å². The Hall–Kier alpha value is -3.48. The molecule has 2 aromatic carbocycles. The van der Waals surface area contributed by atoms with Crippen molar-refractivity contribution in [1.29, 1.82) is 0 Å². The van der Waals surface area contributed by atoms with Crippen molar-refractivity contribution >= 4 is 22.7 Å². The average molecular weight is 425 g/mol. The van der Waals surface area contributed by atoms with E-state index in [1.165, 1.54) is 0 Å². The predicted octanol–water partition coefficient (Wildman–Crippen LogP) is 4.79. The molecule has 7 heteroatoms. The quantitative estimate of drug-likeness (QED) is 0.371. The standard InChI is InChI=1S/C24H27NO6/c1-15-24(16(2)26)19-13-21(29-3)22(30-4)14-20(19)25(15)17-8-10-18(11-9-17)31-12-6-5-7-23(27)28/h8-11,13-14H,5-7,12H2,1-4H3,(H,27,28). The topological polar surface area (TPSA) is 87.0 Å². The van der Waals surface area contributed by atoms with E-state index >= 15 is 0 Å². The number of carbonyl (C=O) groups is 2. The van der Waals surface area contributed by atoms with Gasteiger partial charge in [-0.2, -0.15) is 0 Å². The van der Waals surface area contributed by atoms with Gasteiger partial charge in [-0.1, -0.05) is 0 Å². The van der Waals surface area contributed by atoms with Crippen LogP contribution in [0.4, 0.5) is 0 Å². The molecule has 0 fully saturated rings. The molecule has 0 spiro atoms. The first-order chi connectivity index (χ1) is 14.9. The molecule has 3 rings (SSSR count). The van der Waals surface area contributed by atoms with Crippen LogP contribution in [0.2, 0.25) is 0 Å². The molecule has 3 aromatic rings. The van der Waals surface area contributed by atoms with Crippen molar-refractivity contribution in [3.63, 3.8) is 0 Å². The summed E-state index contributed by atoms with van der Waals surface area (Å²) in [6, 6.07) is 11.3. The molecule has 0 saturated heterocycles. The number of nitrogens with zero attached hydrogens (tertiary/aromatic N) is 1. The summed E-state index contributed by atoms with van der Waals surface area (Å²) in [6.07, 6.45) is 1.41. The highest BCUT2D eigenvalue weighted by Crippen LogP contribution is 2.38. The third-order valence-corrected chi connectivity index (χ3v) is 5.21. The summed E-state index contributed by atoms with van der Waals surface area (Å²) in [5, 5.41) is 9.49. The Kier molecular flexibility index (Phi) is 6.84. The molecular weight excluding hydrogens is 398 g/mol. The summed E-state index contributed by atoms with van der Waals surface area (Å²) in [5.41, 5.74) is 3.22. The lowest BCUT2D eigenvalue weighted by atomic mass is 10.1. The first-order valence-corrected chi connectivity index (χ1v) is 10.1. The molecule has 0 aliphatic carbocycles. The number of carboxylic acid groups (broad SMARTS) is 1. The number of methoxy groups -OCH3 is 2. The highest BCUT2D eigenvalue weighted by atomic mass is 16.5. The Bertz CT molecular complexity index is 1100. The van der Waals surface area contributed by atoms with Crippen molar-refractivity contribution in [2.45, 2.75) is 33.1 Å². The Morgan fingerprint density at radius 2 is 1.65 bits per heavy atom. The molecule has 7 nitrogen and oxygen atoms in total. The van der Waals surface area contributed by atoms with E-state index in [0.717, 1.165) is 22.3 Å². The van der Waals surface area contributed by atoms with Crippen LogP contribution in [-0.2, 0) is 4.79 Å². The number of benzene rings is 2. The van der Waals surface area contributed by atoms with Gasteiger partial charge in [-0.3, -0.25) is 9.59 Å². The zero-order valence-electron chi connectivity index (χ0n) is 18.2. The van der Waals surface area contributed by atoms with E-state index in [9.17, 15) is 9.59 Å². The number of fused-ring (bicyclic) bond motifs is 1. The largest absolute Gasteiger partial charge is 0.494 e. The van der Waals surface area contributed by atoms with E-state index in [-0.39, 0.29) is 12.2 Å². The van der Waals surface area contributed by atoms with Crippen molar-refractivity contribution in [2.75, 3.05) is 20.8 Å². The Labute approximate surface area is 181 Å². The number of carbonyl (C=O) groups excluding carboxylic acids is 1. The third-order valence-electron chi connectivity index (χ3n) is 5.21. The van der Waals surface area contributed by atoms with Crippen molar-refractivity contribution in [1.82, 2.24) is 4.57 Å². The van der Waals surface area contributed by atoms with Crippen molar-refractivity contribution < 1.29 is 28.9 Å². The van der Waals surface area contributed by atoms with Crippen molar-refractivity contribution in [3.8, 4) is 22.9 Å². The maximum absolute atomic E-state index is 12.4. The van der Waals surface area contributed by atoms with Gasteiger partial charge in [0.15, 0.2) is 17.3 Å². The Balaban J connectivity index is 1.94. The van der Waals surface area contributed by atoms with Gasteiger partial charge >= 0.3 is 5.97 Å². The number of rotatable bonds is 10. The number of aliphatic carboxylic acids is 1. The molecule has 1 N–H and O–H groups in total. The second-order valence-corrected chi connectivity index (χ2v) is 7.27. The fourth-order valence-electron chi connectivity index (χ4n) is 3.78. The number of hydrogen-bond donors (Lipinski definition) is 1. The highest BCUT2D eigenvalue weighted by molar-refractivity contribution is 6.09. The molecule has 0 amide bonds. The van der Waals surface area contributed by atoms with E-state index < -0.39 is 5.97 Å². The molecule has 0 bridgehead atoms. The minimum Gasteiger partial charge on any atom is -0.494 e. The second-order valence-electron chi connectivity index (χ2n) is 7.27. The van der Waals surface area contributed by atoms with E-state index in [1.807, 2.05) is 47.9 Å².